The van der Waals surface area contributed by atoms with Crippen molar-refractivity contribution in [3.8, 4) is 5.69 Å². The van der Waals surface area contributed by atoms with Gasteiger partial charge in [0.1, 0.15) is 17.7 Å². The number of hydrogen-bond donors (Lipinski definition) is 0. The molecule has 3 aromatic rings. The largest absolute Gasteiger partial charge is 0.369 e. The third-order valence-electron chi connectivity index (χ3n) is 4.52. The molecule has 3 heterocycles. The Hall–Kier alpha value is -2.67. The first-order valence-corrected chi connectivity index (χ1v) is 8.54. The van der Waals surface area contributed by atoms with Crippen molar-refractivity contribution in [3.63, 3.8) is 0 Å². The summed E-state index contributed by atoms with van der Waals surface area (Å²) in [6, 6.07) is 9.60. The molecule has 0 atom stereocenters. The van der Waals surface area contributed by atoms with Gasteiger partial charge in [-0.2, -0.15) is 14.9 Å². The molecule has 1 aromatic carbocycles. The van der Waals surface area contributed by atoms with Crippen LogP contribution in [-0.4, -0.2) is 37.6 Å². The normalized spacial score (nSPS) is 15.5. The molecule has 4 rings (SSSR count). The summed E-state index contributed by atoms with van der Waals surface area (Å²) in [5, 5.41) is 8.72. The lowest BCUT2D eigenvalue weighted by Gasteiger charge is -2.33. The van der Waals surface area contributed by atoms with Gasteiger partial charge in [0.05, 0.1) is 23.6 Å². The maximum Gasteiger partial charge on any atom is 0.292 e. The Balaban J connectivity index is 1.56. The third-order valence-corrected chi connectivity index (χ3v) is 4.87. The van der Waals surface area contributed by atoms with Gasteiger partial charge in [0.15, 0.2) is 0 Å². The van der Waals surface area contributed by atoms with Crippen LogP contribution in [0.1, 0.15) is 18.9 Å². The van der Waals surface area contributed by atoms with Gasteiger partial charge in [0, 0.05) is 13.1 Å². The van der Waals surface area contributed by atoms with E-state index in [1.807, 2.05) is 35.0 Å². The zero-order chi connectivity index (χ0) is 17.2. The molecule has 0 unspecified atom stereocenters. The van der Waals surface area contributed by atoms with Gasteiger partial charge in [-0.05, 0) is 25.0 Å². The van der Waals surface area contributed by atoms with Crippen molar-refractivity contribution in [2.24, 2.45) is 0 Å². The van der Waals surface area contributed by atoms with Gasteiger partial charge < -0.3 is 4.90 Å². The summed E-state index contributed by atoms with van der Waals surface area (Å²) < 4.78 is 3.22. The lowest BCUT2D eigenvalue weighted by molar-refractivity contribution is 0.366. The number of benzene rings is 1. The second-order valence-corrected chi connectivity index (χ2v) is 6.37. The molecule has 1 aliphatic heterocycles. The van der Waals surface area contributed by atoms with Gasteiger partial charge in [-0.25, -0.2) is 9.67 Å². The quantitative estimate of drug-likeness (QED) is 0.720. The highest BCUT2D eigenvalue weighted by molar-refractivity contribution is 6.33. The maximum atomic E-state index is 12.6. The minimum absolute atomic E-state index is 0.207. The van der Waals surface area contributed by atoms with Crippen molar-refractivity contribution < 1.29 is 0 Å². The van der Waals surface area contributed by atoms with Crippen LogP contribution < -0.4 is 10.5 Å². The molecule has 0 aliphatic carbocycles. The van der Waals surface area contributed by atoms with E-state index in [0.29, 0.717) is 17.4 Å². The fraction of sp³-hybridized carbons (Fsp3) is 0.294. The Kier molecular flexibility index (Phi) is 4.23. The molecule has 1 aliphatic rings. The van der Waals surface area contributed by atoms with Gasteiger partial charge in [-0.3, -0.25) is 4.79 Å². The molecule has 0 spiro atoms. The highest BCUT2D eigenvalue weighted by atomic mass is 35.5. The third kappa shape index (κ3) is 3.02. The lowest BCUT2D eigenvalue weighted by atomic mass is 10.1. The first kappa shape index (κ1) is 15.8. The van der Waals surface area contributed by atoms with Gasteiger partial charge in [-0.1, -0.05) is 29.8 Å². The van der Waals surface area contributed by atoms with E-state index in [1.54, 1.807) is 18.9 Å². The van der Waals surface area contributed by atoms with Gasteiger partial charge in [-0.15, -0.1) is 0 Å². The first-order chi connectivity index (χ1) is 12.2. The zero-order valence-electron chi connectivity index (χ0n) is 13.5. The molecule has 0 N–H and O–H groups in total. The molecule has 8 heteroatoms. The molecular weight excluding hydrogens is 340 g/mol. The second-order valence-electron chi connectivity index (χ2n) is 5.99. The minimum atomic E-state index is -0.302. The molecule has 25 heavy (non-hydrogen) atoms. The average molecular weight is 357 g/mol. The molecule has 7 nitrogen and oxygen atoms in total. The number of hydrogen-bond acceptors (Lipinski definition) is 5. The molecule has 2 aromatic heterocycles. The Labute approximate surface area is 149 Å². The van der Waals surface area contributed by atoms with Crippen molar-refractivity contribution in [3.05, 3.63) is 64.6 Å². The fourth-order valence-corrected chi connectivity index (χ4v) is 3.42. The van der Waals surface area contributed by atoms with Crippen LogP contribution >= 0.6 is 11.6 Å². The van der Waals surface area contributed by atoms with E-state index in [1.165, 1.54) is 4.68 Å². The van der Waals surface area contributed by atoms with E-state index >= 15 is 0 Å². The molecule has 0 radical (unpaired) electrons. The van der Waals surface area contributed by atoms with Gasteiger partial charge >= 0.3 is 0 Å². The number of piperidine rings is 1. The monoisotopic (exact) mass is 356 g/mol. The van der Waals surface area contributed by atoms with Crippen LogP contribution in [-0.2, 0) is 0 Å². The molecule has 128 valence electrons. The van der Waals surface area contributed by atoms with Crippen molar-refractivity contribution in [2.75, 3.05) is 18.0 Å². The summed E-state index contributed by atoms with van der Waals surface area (Å²) in [5.41, 5.74) is 1.09. The van der Waals surface area contributed by atoms with Crippen molar-refractivity contribution in [2.45, 2.75) is 18.9 Å². The number of aromatic nitrogens is 5. The van der Waals surface area contributed by atoms with Crippen molar-refractivity contribution >= 4 is 17.3 Å². The fourth-order valence-electron chi connectivity index (χ4n) is 3.17. The number of rotatable bonds is 3. The Bertz CT molecular complexity index is 901. The van der Waals surface area contributed by atoms with E-state index in [0.717, 1.165) is 25.9 Å². The summed E-state index contributed by atoms with van der Waals surface area (Å²) in [7, 11) is 0. The number of para-hydroxylation sites is 1. The van der Waals surface area contributed by atoms with E-state index < -0.39 is 0 Å². The van der Waals surface area contributed by atoms with Gasteiger partial charge in [0.25, 0.3) is 5.56 Å². The van der Waals surface area contributed by atoms with Crippen molar-refractivity contribution in [1.82, 2.24) is 24.5 Å². The van der Waals surface area contributed by atoms with Crippen molar-refractivity contribution in [1.29, 1.82) is 0 Å². The van der Waals surface area contributed by atoms with Crippen LogP contribution in [0.3, 0.4) is 0 Å². The van der Waals surface area contributed by atoms with E-state index in [-0.39, 0.29) is 10.6 Å². The minimum Gasteiger partial charge on any atom is -0.369 e. The number of nitrogens with zero attached hydrogens (tertiary/aromatic N) is 6. The SMILES string of the molecule is O=c1c(Cl)c(N2CCC(n3cncn3)CC2)cnn1-c1ccccc1. The van der Waals surface area contributed by atoms with Crippen LogP contribution in [0.15, 0.2) is 54.0 Å². The Morgan fingerprint density at radius 2 is 1.84 bits per heavy atom. The predicted molar refractivity (Wildman–Crippen MR) is 95.4 cm³/mol. The van der Waals surface area contributed by atoms with Crippen LogP contribution in [0.4, 0.5) is 5.69 Å². The van der Waals surface area contributed by atoms with E-state index in [4.69, 9.17) is 11.6 Å². The van der Waals surface area contributed by atoms with E-state index in [9.17, 15) is 4.79 Å². The maximum absolute atomic E-state index is 12.6. The Morgan fingerprint density at radius 1 is 1.08 bits per heavy atom. The second kappa shape index (κ2) is 6.68. The molecule has 1 fully saturated rings. The topological polar surface area (TPSA) is 68.8 Å². The number of halogens is 1. The van der Waals surface area contributed by atoms with Crippen LogP contribution in [0.2, 0.25) is 5.02 Å². The highest BCUT2D eigenvalue weighted by Crippen LogP contribution is 2.28. The number of anilines is 1. The molecule has 0 bridgehead atoms. The predicted octanol–water partition coefficient (Wildman–Crippen LogP) is 2.32. The molecule has 1 saturated heterocycles. The Morgan fingerprint density at radius 3 is 2.52 bits per heavy atom. The first-order valence-electron chi connectivity index (χ1n) is 8.16. The lowest BCUT2D eigenvalue weighted by Crippen LogP contribution is -2.36. The summed E-state index contributed by atoms with van der Waals surface area (Å²) in [6.07, 6.45) is 6.81. The van der Waals surface area contributed by atoms with Crippen LogP contribution in [0.5, 0.6) is 0 Å². The van der Waals surface area contributed by atoms with Crippen LogP contribution in [0, 0.1) is 0 Å². The molecule has 0 amide bonds. The average Bonchev–Trinajstić information content (AvgIpc) is 3.20. The highest BCUT2D eigenvalue weighted by Gasteiger charge is 2.24. The summed E-state index contributed by atoms with van der Waals surface area (Å²) in [4.78, 5) is 18.7. The van der Waals surface area contributed by atoms with Gasteiger partial charge in [0.2, 0.25) is 0 Å². The zero-order valence-corrected chi connectivity index (χ0v) is 14.3. The smallest absolute Gasteiger partial charge is 0.292 e. The standard InChI is InChI=1S/C17H17ClN6O/c18-16-15(10-20-24(17(16)25)14-4-2-1-3-5-14)22-8-6-13(7-9-22)23-12-19-11-21-23/h1-5,10-13H,6-9H2. The summed E-state index contributed by atoms with van der Waals surface area (Å²) in [5.74, 6) is 0. The molecular formula is C17H17ClN6O. The van der Waals surface area contributed by atoms with E-state index in [2.05, 4.69) is 20.1 Å². The summed E-state index contributed by atoms with van der Waals surface area (Å²) >= 11 is 6.37. The molecule has 0 saturated carbocycles. The van der Waals surface area contributed by atoms with Crippen LogP contribution in [0.25, 0.3) is 5.69 Å². The summed E-state index contributed by atoms with van der Waals surface area (Å²) in [6.45, 7) is 1.58.